The summed E-state index contributed by atoms with van der Waals surface area (Å²) in [5.41, 5.74) is 5.75. The molecule has 2 saturated heterocycles. The third kappa shape index (κ3) is 10.1. The van der Waals surface area contributed by atoms with Gasteiger partial charge < -0.3 is 49.2 Å². The summed E-state index contributed by atoms with van der Waals surface area (Å²) in [5.74, 6) is 0.815. The lowest BCUT2D eigenvalue weighted by molar-refractivity contribution is -0.138. The van der Waals surface area contributed by atoms with E-state index in [9.17, 15) is 19.2 Å². The highest BCUT2D eigenvalue weighted by Gasteiger charge is 2.46. The zero-order chi connectivity index (χ0) is 47.5. The van der Waals surface area contributed by atoms with Gasteiger partial charge in [0.15, 0.2) is 0 Å². The Labute approximate surface area is 388 Å². The Morgan fingerprint density at radius 2 is 1.44 bits per heavy atom. The van der Waals surface area contributed by atoms with Crippen LogP contribution in [0.15, 0.2) is 61.1 Å². The summed E-state index contributed by atoms with van der Waals surface area (Å²) >= 11 is 0. The molecular weight excluding hydrogens is 855 g/mol. The Morgan fingerprint density at radius 3 is 2.09 bits per heavy atom. The first-order chi connectivity index (χ1) is 31.4. The fourth-order valence-corrected chi connectivity index (χ4v) is 10.0. The molecule has 5 heterocycles. The summed E-state index contributed by atoms with van der Waals surface area (Å²) in [7, 11) is 1.29. The number of carbonyl (C=O) groups is 4. The second-order valence-electron chi connectivity index (χ2n) is 19.7. The number of hydrogen-bond acceptors (Lipinski definition) is 9. The van der Waals surface area contributed by atoms with E-state index in [0.29, 0.717) is 44.5 Å². The van der Waals surface area contributed by atoms with Crippen molar-refractivity contribution < 1.29 is 33.4 Å². The SMILES string of the molecule is COC(=O)N[C@H](C(=O)N1CCC[C@H]1c1nc(-c2ccc(-c3ccc(-c4c[nH]c([C@]5(C)CCCN5C(=O)[C@@H](NC(=O)OC)C(C)C)n4)c4c3ccn4COCC[Si](C)(C)C)cc2)c[nH]1)C(C)C. The van der Waals surface area contributed by atoms with Gasteiger partial charge >= 0.3 is 12.2 Å². The van der Waals surface area contributed by atoms with E-state index < -0.39 is 37.9 Å². The van der Waals surface area contributed by atoms with Gasteiger partial charge in [0, 0.05) is 62.9 Å². The fourth-order valence-electron chi connectivity index (χ4n) is 9.27. The van der Waals surface area contributed by atoms with E-state index in [0.717, 1.165) is 69.9 Å². The van der Waals surface area contributed by atoms with Crippen LogP contribution in [0, 0.1) is 11.8 Å². The number of likely N-dealkylation sites (tertiary alicyclic amines) is 2. The standard InChI is InChI=1S/C49H67N9O7Si/c1-30(2)40(54-47(61)63-6)44(59)57-22-11-13-39(57)43-50-27-37(52-43)33-16-14-32(15-17-33)34-18-19-36(42-35(34)20-24-56(42)29-65-25-26-66(8,9)10)38-28-51-46(53-38)49(5)21-12-23-58(49)45(60)41(31(3)4)55-48(62)64-7/h14-20,24,27-28,30-31,39-41H,11-13,21-23,25-26,29H2,1-10H3,(H,50,52)(H,51,53)(H,54,61)(H,55,62)/t39-,40-,41-,49-/m0/s1. The third-order valence-corrected chi connectivity index (χ3v) is 14.9. The number of amides is 4. The van der Waals surface area contributed by atoms with Crippen LogP contribution >= 0.6 is 0 Å². The number of nitrogens with one attached hydrogen (secondary N) is 4. The summed E-state index contributed by atoms with van der Waals surface area (Å²) in [6.45, 7) is 18.9. The molecule has 2 aromatic carbocycles. The Hall–Kier alpha value is -5.94. The smallest absolute Gasteiger partial charge is 0.407 e. The summed E-state index contributed by atoms with van der Waals surface area (Å²) in [4.78, 5) is 72.7. The first-order valence-electron chi connectivity index (χ1n) is 23.2. The molecule has 0 unspecified atom stereocenters. The second kappa shape index (κ2) is 19.9. The minimum atomic E-state index is -1.30. The molecule has 0 bridgehead atoms. The summed E-state index contributed by atoms with van der Waals surface area (Å²) < 4.78 is 18.1. The Bertz CT molecular complexity index is 2520. The average Bonchev–Trinajstić information content (AvgIpc) is 4.15. The number of alkyl carbamates (subject to hydrolysis) is 2. The number of aromatic nitrogens is 5. The van der Waals surface area contributed by atoms with E-state index in [1.54, 1.807) is 0 Å². The Kier molecular flexibility index (Phi) is 14.5. The summed E-state index contributed by atoms with van der Waals surface area (Å²) in [6.07, 6.45) is 7.72. The van der Waals surface area contributed by atoms with Gasteiger partial charge in [0.2, 0.25) is 11.8 Å². The van der Waals surface area contributed by atoms with Gasteiger partial charge in [-0.15, -0.1) is 0 Å². The maximum absolute atomic E-state index is 14.1. The van der Waals surface area contributed by atoms with Gasteiger partial charge in [-0.3, -0.25) is 9.59 Å². The number of nitrogens with zero attached hydrogens (tertiary/aromatic N) is 5. The largest absolute Gasteiger partial charge is 0.453 e. The van der Waals surface area contributed by atoms with Gasteiger partial charge in [-0.25, -0.2) is 19.6 Å². The molecule has 354 valence electrons. The zero-order valence-electron chi connectivity index (χ0n) is 40.1. The molecule has 66 heavy (non-hydrogen) atoms. The maximum atomic E-state index is 14.1. The van der Waals surface area contributed by atoms with Crippen LogP contribution in [-0.2, 0) is 36.1 Å². The Morgan fingerprint density at radius 1 is 0.803 bits per heavy atom. The molecule has 0 spiro atoms. The predicted molar refractivity (Wildman–Crippen MR) is 257 cm³/mol. The number of benzene rings is 2. The molecule has 7 rings (SSSR count). The van der Waals surface area contributed by atoms with Crippen LogP contribution in [0.5, 0.6) is 0 Å². The minimum absolute atomic E-state index is 0.121. The molecule has 2 fully saturated rings. The van der Waals surface area contributed by atoms with Crippen molar-refractivity contribution in [3.8, 4) is 33.6 Å². The van der Waals surface area contributed by atoms with E-state index >= 15 is 0 Å². The summed E-state index contributed by atoms with van der Waals surface area (Å²) in [6, 6.07) is 14.1. The van der Waals surface area contributed by atoms with Crippen LogP contribution in [0.1, 0.15) is 78.0 Å². The minimum Gasteiger partial charge on any atom is -0.453 e. The molecule has 4 N–H and O–H groups in total. The number of carbonyl (C=O) groups excluding carboxylic acids is 4. The molecule has 4 amide bonds. The van der Waals surface area contributed by atoms with Gasteiger partial charge in [-0.2, -0.15) is 0 Å². The lowest BCUT2D eigenvalue weighted by Gasteiger charge is -2.37. The first kappa shape index (κ1) is 48.0. The zero-order valence-corrected chi connectivity index (χ0v) is 41.1. The normalized spacial score (nSPS) is 18.6. The number of H-pyrrole nitrogens is 2. The van der Waals surface area contributed by atoms with Crippen molar-refractivity contribution in [3.63, 3.8) is 0 Å². The van der Waals surface area contributed by atoms with Gasteiger partial charge in [0.05, 0.1) is 42.7 Å². The van der Waals surface area contributed by atoms with Crippen LogP contribution < -0.4 is 10.6 Å². The number of aromatic amines is 2. The molecule has 0 saturated carbocycles. The number of methoxy groups -OCH3 is 2. The average molecular weight is 922 g/mol. The lowest BCUT2D eigenvalue weighted by Crippen LogP contribution is -2.55. The molecule has 2 aliphatic heterocycles. The fraction of sp³-hybridized carbons (Fsp3) is 0.510. The molecule has 2 aliphatic rings. The van der Waals surface area contributed by atoms with Gasteiger partial charge in [-0.05, 0) is 73.7 Å². The molecule has 0 aliphatic carbocycles. The highest BCUT2D eigenvalue weighted by molar-refractivity contribution is 6.76. The topological polar surface area (TPSA) is 189 Å². The molecule has 17 heteroatoms. The van der Waals surface area contributed by atoms with Crippen LogP contribution in [0.3, 0.4) is 0 Å². The quantitative estimate of drug-likeness (QED) is 0.0555. The van der Waals surface area contributed by atoms with Gasteiger partial charge in [0.25, 0.3) is 0 Å². The van der Waals surface area contributed by atoms with Crippen molar-refractivity contribution in [2.24, 2.45) is 11.8 Å². The van der Waals surface area contributed by atoms with Crippen molar-refractivity contribution >= 4 is 43.0 Å². The highest BCUT2D eigenvalue weighted by atomic mass is 28.3. The molecule has 3 aromatic heterocycles. The molecular formula is C49H67N9O7Si. The van der Waals surface area contributed by atoms with E-state index in [4.69, 9.17) is 24.2 Å². The highest BCUT2D eigenvalue weighted by Crippen LogP contribution is 2.41. The van der Waals surface area contributed by atoms with Crippen molar-refractivity contribution in [1.29, 1.82) is 0 Å². The first-order valence-corrected chi connectivity index (χ1v) is 26.9. The third-order valence-electron chi connectivity index (χ3n) is 13.1. The number of fused-ring (bicyclic) bond motifs is 1. The molecule has 4 atom stereocenters. The number of hydrogen-bond donors (Lipinski definition) is 4. The monoisotopic (exact) mass is 921 g/mol. The van der Waals surface area contributed by atoms with Crippen LogP contribution in [0.4, 0.5) is 9.59 Å². The van der Waals surface area contributed by atoms with E-state index in [1.165, 1.54) is 14.2 Å². The number of imidazole rings is 2. The van der Waals surface area contributed by atoms with Crippen LogP contribution in [-0.4, -0.2) is 112 Å². The number of rotatable bonds is 16. The van der Waals surface area contributed by atoms with Crippen LogP contribution in [0.25, 0.3) is 44.5 Å². The summed E-state index contributed by atoms with van der Waals surface area (Å²) in [5, 5.41) is 6.51. The maximum Gasteiger partial charge on any atom is 0.407 e. The van der Waals surface area contributed by atoms with E-state index in [-0.39, 0.29) is 29.7 Å². The van der Waals surface area contributed by atoms with Crippen LogP contribution in [0.2, 0.25) is 25.7 Å². The van der Waals surface area contributed by atoms with Crippen molar-refractivity contribution in [2.45, 2.75) is 116 Å². The van der Waals surface area contributed by atoms with Crippen molar-refractivity contribution in [3.05, 3.63) is 72.7 Å². The van der Waals surface area contributed by atoms with Gasteiger partial charge in [0.1, 0.15) is 30.5 Å². The number of ether oxygens (including phenoxy) is 3. The van der Waals surface area contributed by atoms with Crippen molar-refractivity contribution in [1.82, 2.24) is 44.9 Å². The second-order valence-corrected chi connectivity index (χ2v) is 25.3. The van der Waals surface area contributed by atoms with Gasteiger partial charge in [-0.1, -0.05) is 77.7 Å². The molecule has 16 nitrogen and oxygen atoms in total. The molecule has 5 aromatic rings. The lowest BCUT2D eigenvalue weighted by atomic mass is 9.95. The van der Waals surface area contributed by atoms with E-state index in [2.05, 4.69) is 93.5 Å². The van der Waals surface area contributed by atoms with E-state index in [1.807, 2.05) is 56.8 Å². The predicted octanol–water partition coefficient (Wildman–Crippen LogP) is 8.66. The van der Waals surface area contributed by atoms with Crippen molar-refractivity contribution in [2.75, 3.05) is 33.9 Å². The molecule has 0 radical (unpaired) electrons. The Balaban J connectivity index is 1.17.